The number of aromatic carboxylic acids is 1. The number of carbonyl (C=O) groups is 2. The number of fused-ring (bicyclic) bond motifs is 1. The van der Waals surface area contributed by atoms with Crippen molar-refractivity contribution in [2.45, 2.75) is 25.5 Å². The predicted molar refractivity (Wildman–Crippen MR) is 109 cm³/mol. The molecule has 1 aliphatic heterocycles. The van der Waals surface area contributed by atoms with E-state index in [1.807, 2.05) is 6.07 Å². The van der Waals surface area contributed by atoms with Crippen LogP contribution in [-0.4, -0.2) is 71.6 Å². The van der Waals surface area contributed by atoms with Gasteiger partial charge in [-0.05, 0) is 48.2 Å². The van der Waals surface area contributed by atoms with Crippen molar-refractivity contribution in [2.24, 2.45) is 0 Å². The van der Waals surface area contributed by atoms with Crippen LogP contribution in [0.2, 0.25) is 0 Å². The van der Waals surface area contributed by atoms with E-state index >= 15 is 0 Å². The summed E-state index contributed by atoms with van der Waals surface area (Å²) in [5.41, 5.74) is 3.24. The molecule has 0 saturated carbocycles. The second-order valence-corrected chi connectivity index (χ2v) is 6.83. The standard InChI is InChI=1S/C21H24N2O4.Li.H/c24-19(14-23-12-10-15-3-1-2-4-18(15)13-23)9-11-22-20(25)16-5-7-17(8-6-16)21(26)27;;/h1-8,19,24H,9-14H2,(H,22,25)(H,26,27);;. The zero-order valence-corrected chi connectivity index (χ0v) is 15.1. The number of amides is 1. The summed E-state index contributed by atoms with van der Waals surface area (Å²) in [6.07, 6.45) is 0.952. The van der Waals surface area contributed by atoms with Gasteiger partial charge in [-0.25, -0.2) is 4.79 Å². The molecular formula is C21H25LiN2O4. The Labute approximate surface area is 176 Å². The van der Waals surface area contributed by atoms with Crippen molar-refractivity contribution >= 4 is 30.7 Å². The molecule has 1 amide bonds. The van der Waals surface area contributed by atoms with Gasteiger partial charge in [-0.1, -0.05) is 24.3 Å². The van der Waals surface area contributed by atoms with Gasteiger partial charge in [0.25, 0.3) is 5.91 Å². The third-order valence-corrected chi connectivity index (χ3v) is 4.84. The molecule has 0 saturated heterocycles. The molecule has 1 heterocycles. The number of carboxylic acid groups (broad SMARTS) is 1. The fourth-order valence-electron chi connectivity index (χ4n) is 3.32. The van der Waals surface area contributed by atoms with Crippen LogP contribution < -0.4 is 5.32 Å². The van der Waals surface area contributed by atoms with Crippen LogP contribution in [0.15, 0.2) is 48.5 Å². The van der Waals surface area contributed by atoms with E-state index in [0.717, 1.165) is 19.5 Å². The number of β-amino-alcohol motifs (C(OH)–C–C–N with tert-alkyl or cyclic N) is 1. The number of aliphatic hydroxyl groups is 1. The number of hydrogen-bond donors (Lipinski definition) is 3. The van der Waals surface area contributed by atoms with E-state index in [1.165, 1.54) is 35.4 Å². The van der Waals surface area contributed by atoms with Crippen molar-refractivity contribution in [2.75, 3.05) is 19.6 Å². The van der Waals surface area contributed by atoms with Gasteiger partial charge < -0.3 is 15.5 Å². The molecule has 0 radical (unpaired) electrons. The van der Waals surface area contributed by atoms with Crippen LogP contribution in [0.3, 0.4) is 0 Å². The van der Waals surface area contributed by atoms with Gasteiger partial charge >= 0.3 is 24.8 Å². The van der Waals surface area contributed by atoms with Crippen molar-refractivity contribution in [1.29, 1.82) is 0 Å². The second kappa shape index (κ2) is 10.4. The number of hydrogen-bond acceptors (Lipinski definition) is 4. The quantitative estimate of drug-likeness (QED) is 0.634. The van der Waals surface area contributed by atoms with Crippen LogP contribution in [0.5, 0.6) is 0 Å². The third kappa shape index (κ3) is 5.95. The number of nitrogens with zero attached hydrogens (tertiary/aromatic N) is 1. The van der Waals surface area contributed by atoms with Gasteiger partial charge in [0.1, 0.15) is 0 Å². The second-order valence-electron chi connectivity index (χ2n) is 6.83. The van der Waals surface area contributed by atoms with Crippen molar-refractivity contribution in [1.82, 2.24) is 10.2 Å². The Morgan fingerprint density at radius 3 is 2.36 bits per heavy atom. The van der Waals surface area contributed by atoms with Gasteiger partial charge in [-0.2, -0.15) is 0 Å². The number of carbonyl (C=O) groups excluding carboxylic acids is 1. The SMILES string of the molecule is O=C(O)c1ccc(C(=O)NCCC(O)CN2CCc3ccccc3C2)cc1.[LiH]. The van der Waals surface area contributed by atoms with Crippen molar-refractivity contribution in [3.8, 4) is 0 Å². The van der Waals surface area contributed by atoms with Gasteiger partial charge in [0.05, 0.1) is 11.7 Å². The van der Waals surface area contributed by atoms with E-state index in [0.29, 0.717) is 25.1 Å². The summed E-state index contributed by atoms with van der Waals surface area (Å²) in [6.45, 7) is 2.72. The Balaban J connectivity index is 0.00000280. The molecule has 3 N–H and O–H groups in total. The maximum absolute atomic E-state index is 12.1. The van der Waals surface area contributed by atoms with E-state index in [9.17, 15) is 14.7 Å². The number of aliphatic hydroxyl groups excluding tert-OH is 1. The molecule has 1 aliphatic rings. The van der Waals surface area contributed by atoms with Gasteiger partial charge in [-0.3, -0.25) is 9.69 Å². The Bertz CT molecular complexity index is 810. The third-order valence-electron chi connectivity index (χ3n) is 4.84. The maximum atomic E-state index is 12.1. The van der Waals surface area contributed by atoms with Gasteiger partial charge in [0.15, 0.2) is 0 Å². The molecule has 28 heavy (non-hydrogen) atoms. The van der Waals surface area contributed by atoms with Crippen molar-refractivity contribution < 1.29 is 19.8 Å². The van der Waals surface area contributed by atoms with Gasteiger partial charge in [0.2, 0.25) is 0 Å². The average Bonchev–Trinajstić information content (AvgIpc) is 2.68. The van der Waals surface area contributed by atoms with Crippen LogP contribution >= 0.6 is 0 Å². The molecule has 0 aliphatic carbocycles. The number of rotatable bonds is 7. The minimum atomic E-state index is -1.02. The first-order valence-electron chi connectivity index (χ1n) is 9.11. The molecule has 2 aromatic rings. The fourth-order valence-corrected chi connectivity index (χ4v) is 3.32. The molecule has 7 heteroatoms. The van der Waals surface area contributed by atoms with Crippen molar-refractivity contribution in [3.05, 3.63) is 70.8 Å². The summed E-state index contributed by atoms with van der Waals surface area (Å²) in [4.78, 5) is 25.1. The van der Waals surface area contributed by atoms with E-state index in [4.69, 9.17) is 5.11 Å². The fraction of sp³-hybridized carbons (Fsp3) is 0.333. The van der Waals surface area contributed by atoms with Crippen LogP contribution in [0.1, 0.15) is 38.3 Å². The average molecular weight is 376 g/mol. The summed E-state index contributed by atoms with van der Waals surface area (Å²) in [5, 5.41) is 21.9. The van der Waals surface area contributed by atoms with Crippen LogP contribution in [0, 0.1) is 0 Å². The van der Waals surface area contributed by atoms with E-state index in [1.54, 1.807) is 0 Å². The number of nitrogens with one attached hydrogen (secondary N) is 1. The topological polar surface area (TPSA) is 89.9 Å². The summed E-state index contributed by atoms with van der Waals surface area (Å²) < 4.78 is 0. The number of carboxylic acids is 1. The minimum absolute atomic E-state index is 0. The normalized spacial score (nSPS) is 14.5. The molecule has 144 valence electrons. The molecule has 0 spiro atoms. The van der Waals surface area contributed by atoms with Crippen molar-refractivity contribution in [3.63, 3.8) is 0 Å². The van der Waals surface area contributed by atoms with Crippen LogP contribution in [0.4, 0.5) is 0 Å². The van der Waals surface area contributed by atoms with E-state index in [2.05, 4.69) is 28.4 Å². The zero-order valence-electron chi connectivity index (χ0n) is 15.1. The van der Waals surface area contributed by atoms with Gasteiger partial charge in [0, 0.05) is 31.7 Å². The van der Waals surface area contributed by atoms with Crippen LogP contribution in [-0.2, 0) is 13.0 Å². The first kappa shape index (κ1) is 22.2. The van der Waals surface area contributed by atoms with Crippen LogP contribution in [0.25, 0.3) is 0 Å². The Kier molecular flexibility index (Phi) is 8.28. The summed E-state index contributed by atoms with van der Waals surface area (Å²) in [5.74, 6) is -1.29. The monoisotopic (exact) mass is 376 g/mol. The molecule has 3 rings (SSSR count). The summed E-state index contributed by atoms with van der Waals surface area (Å²) in [7, 11) is 0. The number of benzene rings is 2. The zero-order chi connectivity index (χ0) is 19.2. The Morgan fingerprint density at radius 2 is 1.68 bits per heavy atom. The van der Waals surface area contributed by atoms with E-state index < -0.39 is 12.1 Å². The summed E-state index contributed by atoms with van der Waals surface area (Å²) in [6, 6.07) is 14.2. The molecule has 0 fully saturated rings. The van der Waals surface area contributed by atoms with E-state index in [-0.39, 0.29) is 30.3 Å². The summed E-state index contributed by atoms with van der Waals surface area (Å²) >= 11 is 0. The molecule has 0 aromatic heterocycles. The first-order valence-corrected chi connectivity index (χ1v) is 9.11. The first-order chi connectivity index (χ1) is 13.0. The molecule has 1 unspecified atom stereocenters. The Morgan fingerprint density at radius 1 is 1.04 bits per heavy atom. The Hall–Kier alpha value is -2.10. The molecule has 6 nitrogen and oxygen atoms in total. The molecular weight excluding hydrogens is 351 g/mol. The predicted octanol–water partition coefficient (Wildman–Crippen LogP) is 1.28. The molecule has 2 aromatic carbocycles. The molecule has 1 atom stereocenters. The molecule has 0 bridgehead atoms. The van der Waals surface area contributed by atoms with Gasteiger partial charge in [-0.15, -0.1) is 0 Å².